The molecule has 3 aliphatic rings. The molecule has 0 spiro atoms. The van der Waals surface area contributed by atoms with Gasteiger partial charge in [-0.05, 0) is 31.6 Å². The van der Waals surface area contributed by atoms with Crippen LogP contribution < -0.4 is 5.32 Å². The second kappa shape index (κ2) is 6.99. The molecule has 2 saturated heterocycles. The predicted octanol–water partition coefficient (Wildman–Crippen LogP) is 0.942. The summed E-state index contributed by atoms with van der Waals surface area (Å²) in [5, 5.41) is 7.11. The Morgan fingerprint density at radius 1 is 1.26 bits per heavy atom. The number of hydrogen-bond donors (Lipinski definition) is 1. The van der Waals surface area contributed by atoms with Crippen molar-refractivity contribution in [2.24, 2.45) is 11.8 Å². The number of amides is 1. The molecule has 0 saturated carbocycles. The van der Waals surface area contributed by atoms with Crippen molar-refractivity contribution in [3.05, 3.63) is 6.33 Å². The van der Waals surface area contributed by atoms with Crippen molar-refractivity contribution in [3.8, 4) is 0 Å². The van der Waals surface area contributed by atoms with E-state index in [2.05, 4.69) is 15.4 Å². The second-order valence-corrected chi connectivity index (χ2v) is 9.91. The van der Waals surface area contributed by atoms with Crippen LogP contribution in [0.1, 0.15) is 31.7 Å². The van der Waals surface area contributed by atoms with E-state index in [0.29, 0.717) is 38.3 Å². The summed E-state index contributed by atoms with van der Waals surface area (Å²) in [6.07, 6.45) is 0.836. The number of sulfone groups is 1. The Morgan fingerprint density at radius 2 is 2.00 bits per heavy atom. The molecule has 4 heterocycles. The topological polar surface area (TPSA) is 97.2 Å². The van der Waals surface area contributed by atoms with Gasteiger partial charge in [0.25, 0.3) is 6.43 Å². The first kappa shape index (κ1) is 18.6. The number of nitrogens with one attached hydrogen (secondary N) is 1. The number of hydrogen-bond acceptors (Lipinski definition) is 6. The number of nitrogens with zero attached hydrogens (tertiary/aromatic N) is 4. The van der Waals surface area contributed by atoms with Gasteiger partial charge in [0.2, 0.25) is 11.9 Å². The highest BCUT2D eigenvalue weighted by molar-refractivity contribution is 7.91. The first-order valence-corrected chi connectivity index (χ1v) is 11.1. The van der Waals surface area contributed by atoms with Crippen molar-refractivity contribution < 1.29 is 22.0 Å². The van der Waals surface area contributed by atoms with Gasteiger partial charge in [-0.15, -0.1) is 0 Å². The Kier molecular flexibility index (Phi) is 4.81. The van der Waals surface area contributed by atoms with Crippen LogP contribution in [0.25, 0.3) is 0 Å². The summed E-state index contributed by atoms with van der Waals surface area (Å²) < 4.78 is 51.3. The maximum atomic E-state index is 13.4. The molecule has 1 amide bonds. The highest BCUT2D eigenvalue weighted by Gasteiger charge is 2.40. The maximum absolute atomic E-state index is 13.4. The summed E-state index contributed by atoms with van der Waals surface area (Å²) in [7, 11) is -3.09. The van der Waals surface area contributed by atoms with E-state index in [1.165, 1.54) is 11.0 Å². The molecular formula is C16H23F2N5O3S. The number of likely N-dealkylation sites (tertiary alicyclic amines) is 1. The van der Waals surface area contributed by atoms with E-state index in [0.717, 1.165) is 0 Å². The van der Waals surface area contributed by atoms with Gasteiger partial charge in [-0.1, -0.05) is 0 Å². The number of anilines is 1. The quantitative estimate of drug-likeness (QED) is 0.807. The van der Waals surface area contributed by atoms with E-state index in [1.807, 2.05) is 0 Å². The molecule has 0 aromatic carbocycles. The van der Waals surface area contributed by atoms with Crippen LogP contribution in [0.3, 0.4) is 0 Å². The zero-order valence-corrected chi connectivity index (χ0v) is 15.6. The van der Waals surface area contributed by atoms with Crippen LogP contribution in [0.2, 0.25) is 0 Å². The number of aromatic nitrogens is 3. The molecule has 150 valence electrons. The van der Waals surface area contributed by atoms with Crippen LogP contribution in [-0.4, -0.2) is 71.1 Å². The van der Waals surface area contributed by atoms with Gasteiger partial charge in [0.1, 0.15) is 12.4 Å². The summed E-state index contributed by atoms with van der Waals surface area (Å²) in [6.45, 7) is 1.06. The Morgan fingerprint density at radius 3 is 2.63 bits per heavy atom. The molecular weight excluding hydrogens is 380 g/mol. The van der Waals surface area contributed by atoms with Crippen LogP contribution >= 0.6 is 0 Å². The van der Waals surface area contributed by atoms with Crippen LogP contribution in [0.15, 0.2) is 6.33 Å². The fourth-order valence-electron chi connectivity index (χ4n) is 4.47. The van der Waals surface area contributed by atoms with Gasteiger partial charge in [0, 0.05) is 19.1 Å². The van der Waals surface area contributed by atoms with Gasteiger partial charge in [0.15, 0.2) is 9.84 Å². The van der Waals surface area contributed by atoms with Crippen LogP contribution in [0.5, 0.6) is 0 Å². The molecule has 27 heavy (non-hydrogen) atoms. The third kappa shape index (κ3) is 3.65. The fraction of sp³-hybridized carbons (Fsp3) is 0.812. The number of rotatable bonds is 3. The molecule has 0 radical (unpaired) electrons. The molecule has 3 aliphatic heterocycles. The Balaban J connectivity index is 1.36. The maximum Gasteiger partial charge on any atom is 0.260 e. The molecule has 0 bridgehead atoms. The van der Waals surface area contributed by atoms with E-state index < -0.39 is 28.2 Å². The molecule has 1 N–H and O–H groups in total. The van der Waals surface area contributed by atoms with Crippen LogP contribution in [0.4, 0.5) is 14.7 Å². The second-order valence-electron chi connectivity index (χ2n) is 7.68. The smallest absolute Gasteiger partial charge is 0.260 e. The van der Waals surface area contributed by atoms with Gasteiger partial charge < -0.3 is 10.2 Å². The van der Waals surface area contributed by atoms with E-state index in [4.69, 9.17) is 0 Å². The minimum absolute atomic E-state index is 0.0539. The monoisotopic (exact) mass is 403 g/mol. The van der Waals surface area contributed by atoms with Gasteiger partial charge >= 0.3 is 0 Å². The Labute approximate surface area is 156 Å². The standard InChI is InChI=1S/C16H23F2N5O3S/c17-14(18)13-7-12(21-16-19-9-20-23(13)16)10-1-4-22(5-2-10)15(24)11-3-6-27(25,26)8-11/h9-14H,1-8H2,(H,19,20,21)/t11?,12-,13+/m0/s1. The van der Waals surface area contributed by atoms with Crippen molar-refractivity contribution in [1.82, 2.24) is 19.7 Å². The van der Waals surface area contributed by atoms with Crippen molar-refractivity contribution in [1.29, 1.82) is 0 Å². The summed E-state index contributed by atoms with van der Waals surface area (Å²) in [5.74, 6) is 0.0418. The Bertz CT molecular complexity index is 807. The average Bonchev–Trinajstić information content (AvgIpc) is 3.26. The van der Waals surface area contributed by atoms with Gasteiger partial charge in [-0.25, -0.2) is 21.9 Å². The van der Waals surface area contributed by atoms with E-state index in [-0.39, 0.29) is 35.8 Å². The SMILES string of the molecule is O=C(C1CCS(=O)(=O)C1)N1CCC([C@@H]2C[C@H](C(F)F)n3ncnc3N2)CC1. The van der Waals surface area contributed by atoms with Gasteiger partial charge in [-0.3, -0.25) is 4.79 Å². The molecule has 3 atom stereocenters. The van der Waals surface area contributed by atoms with Crippen molar-refractivity contribution in [2.75, 3.05) is 29.9 Å². The highest BCUT2D eigenvalue weighted by Crippen LogP contribution is 2.35. The lowest BCUT2D eigenvalue weighted by Gasteiger charge is -2.40. The predicted molar refractivity (Wildman–Crippen MR) is 93.2 cm³/mol. The lowest BCUT2D eigenvalue weighted by atomic mass is 9.85. The first-order valence-electron chi connectivity index (χ1n) is 9.27. The average molecular weight is 403 g/mol. The molecule has 2 fully saturated rings. The van der Waals surface area contributed by atoms with E-state index in [1.54, 1.807) is 4.90 Å². The van der Waals surface area contributed by atoms with Crippen LogP contribution in [0, 0.1) is 11.8 Å². The highest BCUT2D eigenvalue weighted by atomic mass is 32.2. The molecule has 11 heteroatoms. The summed E-state index contributed by atoms with van der Waals surface area (Å²) in [4.78, 5) is 18.3. The minimum Gasteiger partial charge on any atom is -0.351 e. The van der Waals surface area contributed by atoms with Crippen molar-refractivity contribution >= 4 is 21.7 Å². The number of halogens is 2. The first-order chi connectivity index (χ1) is 12.8. The molecule has 8 nitrogen and oxygen atoms in total. The van der Waals surface area contributed by atoms with Crippen LogP contribution in [-0.2, 0) is 14.6 Å². The lowest BCUT2D eigenvalue weighted by Crippen LogP contribution is -2.47. The summed E-state index contributed by atoms with van der Waals surface area (Å²) >= 11 is 0. The number of alkyl halides is 2. The fourth-order valence-corrected chi connectivity index (χ4v) is 6.20. The zero-order valence-electron chi connectivity index (χ0n) is 14.8. The Hall–Kier alpha value is -1.78. The number of carbonyl (C=O) groups excluding carboxylic acids is 1. The van der Waals surface area contributed by atoms with E-state index in [9.17, 15) is 22.0 Å². The number of piperidine rings is 1. The number of carbonyl (C=O) groups is 1. The normalized spacial score (nSPS) is 30.9. The van der Waals surface area contributed by atoms with E-state index >= 15 is 0 Å². The molecule has 1 aromatic heterocycles. The third-order valence-electron chi connectivity index (χ3n) is 5.99. The number of fused-ring (bicyclic) bond motifs is 1. The van der Waals surface area contributed by atoms with Gasteiger partial charge in [-0.2, -0.15) is 10.1 Å². The minimum atomic E-state index is -3.09. The van der Waals surface area contributed by atoms with Crippen molar-refractivity contribution in [2.45, 2.75) is 44.2 Å². The summed E-state index contributed by atoms with van der Waals surface area (Å²) in [6, 6.07) is -1.12. The van der Waals surface area contributed by atoms with Gasteiger partial charge in [0.05, 0.1) is 17.4 Å². The molecule has 1 unspecified atom stereocenters. The largest absolute Gasteiger partial charge is 0.351 e. The molecule has 1 aromatic rings. The van der Waals surface area contributed by atoms with Crippen molar-refractivity contribution in [3.63, 3.8) is 0 Å². The summed E-state index contributed by atoms with van der Waals surface area (Å²) in [5.41, 5.74) is 0. The zero-order chi connectivity index (χ0) is 19.2. The molecule has 0 aliphatic carbocycles. The molecule has 4 rings (SSSR count). The third-order valence-corrected chi connectivity index (χ3v) is 7.76. The lowest BCUT2D eigenvalue weighted by molar-refractivity contribution is -0.136.